The summed E-state index contributed by atoms with van der Waals surface area (Å²) in [6.45, 7) is 2.35. The highest BCUT2D eigenvalue weighted by Crippen LogP contribution is 2.30. The van der Waals surface area contributed by atoms with Gasteiger partial charge in [-0.2, -0.15) is 0 Å². The lowest BCUT2D eigenvalue weighted by molar-refractivity contribution is -0.362. The van der Waals surface area contributed by atoms with E-state index in [2.05, 4.69) is 0 Å². The molecule has 6 N–H and O–H groups in total. The third kappa shape index (κ3) is 4.95. The van der Waals surface area contributed by atoms with E-state index < -0.39 is 74.6 Å². The van der Waals surface area contributed by atoms with Crippen molar-refractivity contribution in [1.82, 2.24) is 0 Å². The number of aliphatic hydroxyl groups is 6. The molecule has 0 aromatic rings. The van der Waals surface area contributed by atoms with E-state index in [1.165, 1.54) is 7.11 Å². The Morgan fingerprint density at radius 2 is 1.26 bits per heavy atom. The molecule has 2 aliphatic heterocycles. The molecule has 160 valence electrons. The SMILES string of the molecule is COC1C(CO)OC(OC2C(CO)OC(OC(C)C)C(O)C2O)C(O)C1O. The molecule has 0 aliphatic carbocycles. The zero-order valence-electron chi connectivity index (χ0n) is 15.5. The van der Waals surface area contributed by atoms with Crippen LogP contribution in [-0.2, 0) is 23.7 Å². The van der Waals surface area contributed by atoms with Crippen LogP contribution in [0.3, 0.4) is 0 Å². The van der Waals surface area contributed by atoms with Gasteiger partial charge in [-0.1, -0.05) is 0 Å². The van der Waals surface area contributed by atoms with Crippen molar-refractivity contribution < 1.29 is 54.3 Å². The van der Waals surface area contributed by atoms with Crippen molar-refractivity contribution in [3.63, 3.8) is 0 Å². The smallest absolute Gasteiger partial charge is 0.187 e. The van der Waals surface area contributed by atoms with Crippen molar-refractivity contribution in [3.8, 4) is 0 Å². The highest BCUT2D eigenvalue weighted by Gasteiger charge is 2.51. The zero-order chi connectivity index (χ0) is 20.3. The molecule has 2 rings (SSSR count). The molecular weight excluding hydrogens is 368 g/mol. The van der Waals surface area contributed by atoms with Gasteiger partial charge in [0.2, 0.25) is 0 Å². The Labute approximate surface area is 157 Å². The molecule has 11 heteroatoms. The van der Waals surface area contributed by atoms with Gasteiger partial charge in [0.05, 0.1) is 19.3 Å². The average molecular weight is 398 g/mol. The van der Waals surface area contributed by atoms with Crippen molar-refractivity contribution in [2.75, 3.05) is 20.3 Å². The van der Waals surface area contributed by atoms with Crippen molar-refractivity contribution >= 4 is 0 Å². The van der Waals surface area contributed by atoms with Gasteiger partial charge in [-0.15, -0.1) is 0 Å². The molecule has 0 spiro atoms. The van der Waals surface area contributed by atoms with Crippen molar-refractivity contribution in [2.24, 2.45) is 0 Å². The van der Waals surface area contributed by atoms with Gasteiger partial charge in [0.1, 0.15) is 48.8 Å². The summed E-state index contributed by atoms with van der Waals surface area (Å²) >= 11 is 0. The fourth-order valence-electron chi connectivity index (χ4n) is 3.21. The summed E-state index contributed by atoms with van der Waals surface area (Å²) in [7, 11) is 1.29. The maximum atomic E-state index is 10.4. The molecule has 10 unspecified atom stereocenters. The highest BCUT2D eigenvalue weighted by atomic mass is 16.7. The Bertz CT molecular complexity index is 446. The molecule has 2 fully saturated rings. The van der Waals surface area contributed by atoms with Crippen LogP contribution in [-0.4, -0.2) is 118 Å². The van der Waals surface area contributed by atoms with Gasteiger partial charge in [-0.3, -0.25) is 0 Å². The molecule has 0 bridgehead atoms. The Hall–Kier alpha value is -0.440. The minimum atomic E-state index is -1.56. The summed E-state index contributed by atoms with van der Waals surface area (Å²) in [6.07, 6.45) is -13.3. The highest BCUT2D eigenvalue weighted by molar-refractivity contribution is 4.94. The van der Waals surface area contributed by atoms with E-state index in [9.17, 15) is 30.6 Å². The van der Waals surface area contributed by atoms with E-state index >= 15 is 0 Å². The molecule has 2 aliphatic rings. The van der Waals surface area contributed by atoms with E-state index in [0.717, 1.165) is 0 Å². The summed E-state index contributed by atoms with van der Waals surface area (Å²) in [5, 5.41) is 60.0. The van der Waals surface area contributed by atoms with Crippen molar-refractivity contribution in [3.05, 3.63) is 0 Å². The first-order chi connectivity index (χ1) is 12.7. The second kappa shape index (κ2) is 9.85. The predicted molar refractivity (Wildman–Crippen MR) is 87.4 cm³/mol. The van der Waals surface area contributed by atoms with Crippen LogP contribution >= 0.6 is 0 Å². The van der Waals surface area contributed by atoms with Crippen LogP contribution in [0.4, 0.5) is 0 Å². The summed E-state index contributed by atoms with van der Waals surface area (Å²) in [5.74, 6) is 0. The van der Waals surface area contributed by atoms with Gasteiger partial charge in [0.25, 0.3) is 0 Å². The minimum Gasteiger partial charge on any atom is -0.394 e. The first-order valence-corrected chi connectivity index (χ1v) is 8.83. The standard InChI is InChI=1S/C16H30O11/c1-6(2)24-15-12(22)10(20)14(8(5-18)26-15)27-16-11(21)9(19)13(23-3)7(4-17)25-16/h6-22H,4-5H2,1-3H3. The topological polar surface area (TPSA) is 168 Å². The summed E-state index contributed by atoms with van der Waals surface area (Å²) in [6, 6.07) is 0. The first kappa shape index (κ1) is 22.8. The number of ether oxygens (including phenoxy) is 5. The Kier molecular flexibility index (Phi) is 8.34. The van der Waals surface area contributed by atoms with E-state index in [4.69, 9.17) is 23.7 Å². The molecule has 27 heavy (non-hydrogen) atoms. The van der Waals surface area contributed by atoms with E-state index in [-0.39, 0.29) is 6.10 Å². The number of hydrogen-bond acceptors (Lipinski definition) is 11. The van der Waals surface area contributed by atoms with Crippen LogP contribution in [0.2, 0.25) is 0 Å². The molecule has 0 amide bonds. The third-order valence-electron chi connectivity index (χ3n) is 4.61. The first-order valence-electron chi connectivity index (χ1n) is 8.83. The average Bonchev–Trinajstić information content (AvgIpc) is 2.64. The van der Waals surface area contributed by atoms with Gasteiger partial charge in [-0.25, -0.2) is 0 Å². The maximum Gasteiger partial charge on any atom is 0.187 e. The Morgan fingerprint density at radius 3 is 1.78 bits per heavy atom. The van der Waals surface area contributed by atoms with Gasteiger partial charge < -0.3 is 54.3 Å². The lowest BCUT2D eigenvalue weighted by atomic mass is 9.97. The Morgan fingerprint density at radius 1 is 0.778 bits per heavy atom. The lowest BCUT2D eigenvalue weighted by Crippen LogP contribution is -2.65. The molecule has 0 aromatic heterocycles. The second-order valence-electron chi connectivity index (χ2n) is 6.90. The normalized spacial score (nSPS) is 46.0. The van der Waals surface area contributed by atoms with E-state index in [1.807, 2.05) is 0 Å². The number of methoxy groups -OCH3 is 1. The molecule has 10 atom stereocenters. The lowest BCUT2D eigenvalue weighted by Gasteiger charge is -2.46. The van der Waals surface area contributed by atoms with E-state index in [1.54, 1.807) is 13.8 Å². The molecule has 0 aromatic carbocycles. The van der Waals surface area contributed by atoms with Crippen LogP contribution in [0.25, 0.3) is 0 Å². The van der Waals surface area contributed by atoms with Crippen LogP contribution in [0, 0.1) is 0 Å². The summed E-state index contributed by atoms with van der Waals surface area (Å²) in [4.78, 5) is 0. The third-order valence-corrected chi connectivity index (χ3v) is 4.61. The molecule has 11 nitrogen and oxygen atoms in total. The van der Waals surface area contributed by atoms with Gasteiger partial charge >= 0.3 is 0 Å². The molecule has 2 heterocycles. The predicted octanol–water partition coefficient (Wildman–Crippen LogP) is -3.31. The second-order valence-corrected chi connectivity index (χ2v) is 6.90. The zero-order valence-corrected chi connectivity index (χ0v) is 15.5. The summed E-state index contributed by atoms with van der Waals surface area (Å²) in [5.41, 5.74) is 0. The van der Waals surface area contributed by atoms with Gasteiger partial charge in [0.15, 0.2) is 12.6 Å². The summed E-state index contributed by atoms with van der Waals surface area (Å²) < 4.78 is 26.8. The fraction of sp³-hybridized carbons (Fsp3) is 1.00. The van der Waals surface area contributed by atoms with Crippen LogP contribution in [0.5, 0.6) is 0 Å². The molecule has 0 saturated carbocycles. The van der Waals surface area contributed by atoms with Crippen molar-refractivity contribution in [1.29, 1.82) is 0 Å². The Balaban J connectivity index is 2.12. The fourth-order valence-corrected chi connectivity index (χ4v) is 3.21. The quantitative estimate of drug-likeness (QED) is 0.254. The maximum absolute atomic E-state index is 10.4. The van der Waals surface area contributed by atoms with Crippen molar-refractivity contribution in [2.45, 2.75) is 81.4 Å². The number of hydrogen-bond donors (Lipinski definition) is 6. The van der Waals surface area contributed by atoms with Gasteiger partial charge in [-0.05, 0) is 13.8 Å². The minimum absolute atomic E-state index is 0.302. The molecule has 2 saturated heterocycles. The number of aliphatic hydroxyl groups excluding tert-OH is 6. The largest absolute Gasteiger partial charge is 0.394 e. The van der Waals surface area contributed by atoms with Crippen LogP contribution in [0.15, 0.2) is 0 Å². The van der Waals surface area contributed by atoms with E-state index in [0.29, 0.717) is 0 Å². The molecular formula is C16H30O11. The van der Waals surface area contributed by atoms with Crippen LogP contribution in [0.1, 0.15) is 13.8 Å². The van der Waals surface area contributed by atoms with Crippen LogP contribution < -0.4 is 0 Å². The van der Waals surface area contributed by atoms with Gasteiger partial charge in [0, 0.05) is 7.11 Å². The number of rotatable bonds is 7. The molecule has 0 radical (unpaired) electrons. The monoisotopic (exact) mass is 398 g/mol.